The van der Waals surface area contributed by atoms with E-state index in [1.807, 2.05) is 88.4 Å². The van der Waals surface area contributed by atoms with Crippen LogP contribution in [0.4, 0.5) is 9.59 Å². The van der Waals surface area contributed by atoms with E-state index in [0.717, 1.165) is 62.5 Å². The van der Waals surface area contributed by atoms with Crippen molar-refractivity contribution < 1.29 is 28.7 Å². The van der Waals surface area contributed by atoms with Crippen LogP contribution in [0.1, 0.15) is 103 Å². The molecule has 0 heterocycles. The summed E-state index contributed by atoms with van der Waals surface area (Å²) in [6.45, 7) is 9.53. The van der Waals surface area contributed by atoms with Crippen LogP contribution < -0.4 is 21.3 Å². The predicted molar refractivity (Wildman–Crippen MR) is 189 cm³/mol. The zero-order valence-electron chi connectivity index (χ0n) is 29.4. The van der Waals surface area contributed by atoms with Gasteiger partial charge in [0.15, 0.2) is 0 Å². The first-order valence-corrected chi connectivity index (χ1v) is 17.6. The number of amides is 4. The summed E-state index contributed by atoms with van der Waals surface area (Å²) in [5.41, 5.74) is 1.78. The molecular weight excluding hydrogens is 608 g/mol. The molecule has 48 heavy (non-hydrogen) atoms. The summed E-state index contributed by atoms with van der Waals surface area (Å²) in [4.78, 5) is 50.1. The zero-order chi connectivity index (χ0) is 35.0. The molecular formula is C38H58N4O6. The number of ether oxygens (including phenoxy) is 2. The Morgan fingerprint density at radius 1 is 0.521 bits per heavy atom. The summed E-state index contributed by atoms with van der Waals surface area (Å²) in [6, 6.07) is 17.6. The van der Waals surface area contributed by atoms with Crippen molar-refractivity contribution in [2.45, 2.75) is 117 Å². The van der Waals surface area contributed by atoms with E-state index in [9.17, 15) is 19.2 Å². The normalized spacial score (nSPS) is 12.2. The van der Waals surface area contributed by atoms with E-state index in [1.54, 1.807) is 0 Å². The van der Waals surface area contributed by atoms with Crippen LogP contribution in [0.2, 0.25) is 0 Å². The Hall–Kier alpha value is -4.08. The molecule has 0 spiro atoms. The lowest BCUT2D eigenvalue weighted by molar-refractivity contribution is -0.124. The molecule has 2 aromatic carbocycles. The van der Waals surface area contributed by atoms with Crippen LogP contribution in [0.25, 0.3) is 0 Å². The number of carbonyl (C=O) groups excluding carboxylic acids is 4. The number of carbonyl (C=O) groups is 4. The largest absolute Gasteiger partial charge is 0.445 e. The van der Waals surface area contributed by atoms with Crippen LogP contribution in [0, 0.1) is 11.8 Å². The van der Waals surface area contributed by atoms with E-state index in [0.29, 0.717) is 25.9 Å². The van der Waals surface area contributed by atoms with Crippen molar-refractivity contribution in [3.05, 3.63) is 71.8 Å². The summed E-state index contributed by atoms with van der Waals surface area (Å²) >= 11 is 0. The van der Waals surface area contributed by atoms with Crippen molar-refractivity contribution in [3.63, 3.8) is 0 Å². The minimum absolute atomic E-state index is 0.158. The molecule has 2 atom stereocenters. The summed E-state index contributed by atoms with van der Waals surface area (Å²) in [5, 5.41) is 11.4. The SMILES string of the molecule is CC(C)C[C@@H](NC(=O)OCc1ccccc1)C(=O)NCCCCCCCCCCNC(=O)[C@@H](CC(C)C)NC(=O)OCc1ccccc1. The second-order valence-corrected chi connectivity index (χ2v) is 13.2. The van der Waals surface area contributed by atoms with Crippen molar-refractivity contribution in [2.24, 2.45) is 11.8 Å². The first kappa shape index (κ1) is 40.1. The quantitative estimate of drug-likeness (QED) is 0.0942. The molecule has 2 rings (SSSR count). The highest BCUT2D eigenvalue weighted by molar-refractivity contribution is 5.86. The summed E-state index contributed by atoms with van der Waals surface area (Å²) < 4.78 is 10.6. The van der Waals surface area contributed by atoms with Gasteiger partial charge in [-0.05, 0) is 48.6 Å². The number of nitrogens with one attached hydrogen (secondary N) is 4. The Balaban J connectivity index is 1.52. The van der Waals surface area contributed by atoms with Crippen LogP contribution in [-0.2, 0) is 32.3 Å². The molecule has 0 aromatic heterocycles. The van der Waals surface area contributed by atoms with Crippen molar-refractivity contribution in [1.82, 2.24) is 21.3 Å². The van der Waals surface area contributed by atoms with E-state index in [2.05, 4.69) is 21.3 Å². The summed E-state index contributed by atoms with van der Waals surface area (Å²) in [7, 11) is 0. The molecule has 0 radical (unpaired) electrons. The van der Waals surface area contributed by atoms with Crippen molar-refractivity contribution >= 4 is 24.0 Å². The van der Waals surface area contributed by atoms with Gasteiger partial charge < -0.3 is 30.7 Å². The lowest BCUT2D eigenvalue weighted by atomic mass is 10.0. The van der Waals surface area contributed by atoms with Gasteiger partial charge in [0, 0.05) is 13.1 Å². The monoisotopic (exact) mass is 666 g/mol. The summed E-state index contributed by atoms with van der Waals surface area (Å²) in [6.07, 6.45) is 8.14. The van der Waals surface area contributed by atoms with E-state index < -0.39 is 24.3 Å². The highest BCUT2D eigenvalue weighted by Gasteiger charge is 2.23. The van der Waals surface area contributed by atoms with Gasteiger partial charge in [-0.2, -0.15) is 0 Å². The zero-order valence-corrected chi connectivity index (χ0v) is 29.4. The fourth-order valence-electron chi connectivity index (χ4n) is 5.20. The average molecular weight is 667 g/mol. The van der Waals surface area contributed by atoms with Gasteiger partial charge in [-0.1, -0.05) is 127 Å². The Kier molecular flexibility index (Phi) is 20.1. The first-order valence-electron chi connectivity index (χ1n) is 17.6. The fraction of sp³-hybridized carbons (Fsp3) is 0.579. The minimum Gasteiger partial charge on any atom is -0.445 e. The van der Waals surface area contributed by atoms with E-state index >= 15 is 0 Å². The molecule has 4 N–H and O–H groups in total. The number of unbranched alkanes of at least 4 members (excludes halogenated alkanes) is 7. The van der Waals surface area contributed by atoms with Crippen LogP contribution in [0.3, 0.4) is 0 Å². The minimum atomic E-state index is -0.628. The van der Waals surface area contributed by atoms with Gasteiger partial charge in [-0.15, -0.1) is 0 Å². The highest BCUT2D eigenvalue weighted by atomic mass is 16.6. The molecule has 4 amide bonds. The molecule has 0 aliphatic heterocycles. The molecule has 0 saturated carbocycles. The van der Waals surface area contributed by atoms with Crippen molar-refractivity contribution in [1.29, 1.82) is 0 Å². The number of rotatable bonds is 23. The van der Waals surface area contributed by atoms with Gasteiger partial charge in [0.05, 0.1) is 0 Å². The van der Waals surface area contributed by atoms with Crippen LogP contribution in [0.5, 0.6) is 0 Å². The van der Waals surface area contributed by atoms with Gasteiger partial charge in [0.2, 0.25) is 11.8 Å². The predicted octanol–water partition coefficient (Wildman–Crippen LogP) is 7.02. The second-order valence-electron chi connectivity index (χ2n) is 13.2. The molecule has 0 saturated heterocycles. The summed E-state index contributed by atoms with van der Waals surface area (Å²) in [5.74, 6) is 0.126. The number of alkyl carbamates (subject to hydrolysis) is 2. The number of hydrogen-bond acceptors (Lipinski definition) is 6. The fourth-order valence-corrected chi connectivity index (χ4v) is 5.20. The average Bonchev–Trinajstić information content (AvgIpc) is 3.06. The van der Waals surface area contributed by atoms with Crippen LogP contribution in [0.15, 0.2) is 60.7 Å². The molecule has 10 nitrogen and oxygen atoms in total. The smallest absolute Gasteiger partial charge is 0.408 e. The van der Waals surface area contributed by atoms with Gasteiger partial charge in [-0.25, -0.2) is 9.59 Å². The van der Waals surface area contributed by atoms with E-state index in [-0.39, 0.29) is 36.9 Å². The molecule has 0 aliphatic carbocycles. The molecule has 266 valence electrons. The Labute approximate surface area is 287 Å². The molecule has 0 bridgehead atoms. The van der Waals surface area contributed by atoms with Crippen molar-refractivity contribution in [3.8, 4) is 0 Å². The topological polar surface area (TPSA) is 135 Å². The third-order valence-electron chi connectivity index (χ3n) is 7.76. The maximum Gasteiger partial charge on any atom is 0.408 e. The molecule has 0 unspecified atom stereocenters. The van der Waals surface area contributed by atoms with Crippen LogP contribution >= 0.6 is 0 Å². The Morgan fingerprint density at radius 3 is 1.19 bits per heavy atom. The third-order valence-corrected chi connectivity index (χ3v) is 7.76. The third kappa shape index (κ3) is 18.9. The molecule has 0 fully saturated rings. The van der Waals surface area contributed by atoms with Crippen molar-refractivity contribution in [2.75, 3.05) is 13.1 Å². The van der Waals surface area contributed by atoms with E-state index in [4.69, 9.17) is 9.47 Å². The maximum atomic E-state index is 12.8. The maximum absolute atomic E-state index is 12.8. The van der Waals surface area contributed by atoms with Gasteiger partial charge in [0.25, 0.3) is 0 Å². The standard InChI is InChI=1S/C38H58N4O6/c1-29(2)25-33(41-37(45)47-27-31-19-13-11-14-20-31)35(43)39-23-17-9-7-5-6-8-10-18-24-40-36(44)34(26-30(3)4)42-38(46)48-28-32-21-15-12-16-22-32/h11-16,19-22,29-30,33-34H,5-10,17-18,23-28H2,1-4H3,(H,39,43)(H,40,44)(H,41,45)(H,42,46)/t33-,34-/m1/s1. The van der Waals surface area contributed by atoms with Gasteiger partial charge in [0.1, 0.15) is 25.3 Å². The lowest BCUT2D eigenvalue weighted by Gasteiger charge is -2.20. The lowest BCUT2D eigenvalue weighted by Crippen LogP contribution is -2.47. The second kappa shape index (κ2) is 24.1. The Bertz CT molecular complexity index is 1100. The van der Waals surface area contributed by atoms with Crippen LogP contribution in [-0.4, -0.2) is 49.2 Å². The molecule has 10 heteroatoms. The Morgan fingerprint density at radius 2 is 0.854 bits per heavy atom. The van der Waals surface area contributed by atoms with Gasteiger partial charge in [-0.3, -0.25) is 9.59 Å². The first-order chi connectivity index (χ1) is 23.1. The number of benzene rings is 2. The highest BCUT2D eigenvalue weighted by Crippen LogP contribution is 2.11. The van der Waals surface area contributed by atoms with E-state index in [1.165, 1.54) is 0 Å². The van der Waals surface area contributed by atoms with Gasteiger partial charge >= 0.3 is 12.2 Å². The molecule has 2 aromatic rings. The molecule has 0 aliphatic rings. The number of hydrogen-bond donors (Lipinski definition) is 4.